The van der Waals surface area contributed by atoms with Crippen molar-refractivity contribution in [3.63, 3.8) is 0 Å². The fraction of sp³-hybridized carbons (Fsp3) is 0.440. The summed E-state index contributed by atoms with van der Waals surface area (Å²) in [6, 6.07) is 9.88. The Hall–Kier alpha value is -3.88. The first-order chi connectivity index (χ1) is 25.7. The molecule has 2 heteroatoms. The molecule has 14 aliphatic rings. The number of methoxy groups -OCH3 is 1. The van der Waals surface area contributed by atoms with Crippen LogP contribution in [-0.4, -0.2) is 25.6 Å². The topological polar surface area (TPSA) is 12.5 Å². The molecule has 0 bridgehead atoms. The summed E-state index contributed by atoms with van der Waals surface area (Å²) in [5.74, 6) is 6.46. The van der Waals surface area contributed by atoms with Crippen molar-refractivity contribution < 1.29 is 4.74 Å². The molecule has 1 aliphatic heterocycles. The number of benzene rings is 4. The van der Waals surface area contributed by atoms with Crippen LogP contribution >= 0.6 is 0 Å². The summed E-state index contributed by atoms with van der Waals surface area (Å²) in [5, 5.41) is 11.0. The van der Waals surface area contributed by atoms with Gasteiger partial charge in [-0.05, 0) is 193 Å². The van der Waals surface area contributed by atoms with Gasteiger partial charge in [0.25, 0.3) is 0 Å². The van der Waals surface area contributed by atoms with E-state index in [1.807, 2.05) is 117 Å². The summed E-state index contributed by atoms with van der Waals surface area (Å²) >= 11 is 0. The number of ether oxygens (including phenoxy) is 1. The van der Waals surface area contributed by atoms with E-state index in [0.717, 1.165) is 11.7 Å². The molecule has 0 aromatic heterocycles. The third-order valence-corrected chi connectivity index (χ3v) is 19.8. The lowest BCUT2D eigenvalue weighted by atomic mass is 9.41. The Labute approximate surface area is 302 Å². The highest BCUT2D eigenvalue weighted by Crippen LogP contribution is 2.82. The predicted molar refractivity (Wildman–Crippen MR) is 203 cm³/mol. The highest BCUT2D eigenvalue weighted by Gasteiger charge is 2.79. The SMILES string of the molecule is COc1ccc(C2N(C)CC34c5c6c7c8c9c%10c%11c7c7c5=C5CCC=7C%11CCC%10C7C=CC%10C%11=c%12c(c-8c-6c6c%12=C(CC%11)C(CCC53)C624)C%10C97)cc1. The second kappa shape index (κ2) is 6.95. The molecular formula is C50H39NO. The van der Waals surface area contributed by atoms with E-state index in [1.54, 1.807) is 0 Å². The molecule has 1 heterocycles. The molecule has 11 unspecified atom stereocenters. The smallest absolute Gasteiger partial charge is 0.118 e. The first-order valence-electron chi connectivity index (χ1n) is 21.2. The summed E-state index contributed by atoms with van der Waals surface area (Å²) in [5.41, 5.74) is 28.1. The predicted octanol–water partition coefficient (Wildman–Crippen LogP) is 6.90. The van der Waals surface area contributed by atoms with Crippen molar-refractivity contribution >= 4 is 33.1 Å². The molecule has 2 spiro atoms. The van der Waals surface area contributed by atoms with E-state index in [0.29, 0.717) is 47.5 Å². The first kappa shape index (κ1) is 25.2. The van der Waals surface area contributed by atoms with E-state index in [1.165, 1.54) is 63.5 Å². The van der Waals surface area contributed by atoms with Gasteiger partial charge in [-0.1, -0.05) is 46.6 Å². The van der Waals surface area contributed by atoms with Crippen molar-refractivity contribution in [1.29, 1.82) is 0 Å². The van der Waals surface area contributed by atoms with E-state index in [2.05, 4.69) is 48.4 Å². The van der Waals surface area contributed by atoms with Crippen LogP contribution in [0.25, 0.3) is 55.3 Å². The van der Waals surface area contributed by atoms with Crippen molar-refractivity contribution in [2.75, 3.05) is 20.7 Å². The summed E-state index contributed by atoms with van der Waals surface area (Å²) in [6.45, 7) is 1.21. The van der Waals surface area contributed by atoms with Crippen molar-refractivity contribution in [1.82, 2.24) is 4.90 Å². The molecule has 2 nitrogen and oxygen atoms in total. The summed E-state index contributed by atoms with van der Waals surface area (Å²) < 4.78 is 5.79. The van der Waals surface area contributed by atoms with Gasteiger partial charge < -0.3 is 4.74 Å². The van der Waals surface area contributed by atoms with Crippen LogP contribution in [0.4, 0.5) is 0 Å². The van der Waals surface area contributed by atoms with Gasteiger partial charge in [-0.3, -0.25) is 4.90 Å². The molecule has 18 rings (SSSR count). The van der Waals surface area contributed by atoms with E-state index >= 15 is 0 Å². The van der Waals surface area contributed by atoms with Crippen LogP contribution in [0.1, 0.15) is 120 Å². The molecule has 1 saturated heterocycles. The average molecular weight is 670 g/mol. The van der Waals surface area contributed by atoms with Crippen LogP contribution in [0.5, 0.6) is 5.75 Å². The largest absolute Gasteiger partial charge is 0.497 e. The van der Waals surface area contributed by atoms with Gasteiger partial charge in [-0.25, -0.2) is 0 Å². The Morgan fingerprint density at radius 1 is 0.654 bits per heavy atom. The summed E-state index contributed by atoms with van der Waals surface area (Å²) in [6.07, 6.45) is 16.5. The molecule has 2 fully saturated rings. The Bertz CT molecular complexity index is 3070. The summed E-state index contributed by atoms with van der Waals surface area (Å²) in [4.78, 5) is 2.92. The van der Waals surface area contributed by atoms with Crippen LogP contribution in [0, 0.1) is 23.7 Å². The van der Waals surface area contributed by atoms with E-state index in [-0.39, 0.29) is 10.8 Å². The van der Waals surface area contributed by atoms with Gasteiger partial charge in [0.15, 0.2) is 0 Å². The number of likely N-dealkylation sites (N-methyl/N-ethyl adjacent to an activating group) is 1. The Kier molecular flexibility index (Phi) is 3.37. The van der Waals surface area contributed by atoms with E-state index in [9.17, 15) is 0 Å². The molecule has 4 aromatic carbocycles. The second-order valence-corrected chi connectivity index (χ2v) is 20.1. The molecular weight excluding hydrogens is 631 g/mol. The maximum Gasteiger partial charge on any atom is 0.118 e. The highest BCUT2D eigenvalue weighted by molar-refractivity contribution is 6.24. The molecule has 52 heavy (non-hydrogen) atoms. The first-order valence-corrected chi connectivity index (χ1v) is 21.2. The van der Waals surface area contributed by atoms with Gasteiger partial charge >= 0.3 is 0 Å². The molecule has 0 radical (unpaired) electrons. The number of likely N-dealkylation sites (tertiary alicyclic amines) is 1. The third kappa shape index (κ3) is 1.85. The molecule has 1 saturated carbocycles. The molecule has 0 N–H and O–H groups in total. The van der Waals surface area contributed by atoms with E-state index in [4.69, 9.17) is 4.74 Å². The molecule has 250 valence electrons. The van der Waals surface area contributed by atoms with Crippen molar-refractivity contribution in [3.05, 3.63) is 96.2 Å². The van der Waals surface area contributed by atoms with Crippen molar-refractivity contribution in [2.45, 2.75) is 91.9 Å². The van der Waals surface area contributed by atoms with E-state index < -0.39 is 0 Å². The number of nitrogens with zero attached hydrogens (tertiary/aromatic N) is 1. The quantitative estimate of drug-likeness (QED) is 0.190. The number of fused-ring (bicyclic) bond motifs is 5. The highest BCUT2D eigenvalue weighted by atomic mass is 16.5. The monoisotopic (exact) mass is 669 g/mol. The lowest BCUT2D eigenvalue weighted by Gasteiger charge is -2.59. The normalized spacial score (nSPS) is 41.8. The third-order valence-electron chi connectivity index (χ3n) is 19.8. The maximum absolute atomic E-state index is 5.79. The molecule has 11 atom stereocenters. The van der Waals surface area contributed by atoms with Gasteiger partial charge in [0.05, 0.1) is 7.11 Å². The van der Waals surface area contributed by atoms with Crippen LogP contribution in [0.3, 0.4) is 0 Å². The van der Waals surface area contributed by atoms with Gasteiger partial charge in [0.1, 0.15) is 5.75 Å². The van der Waals surface area contributed by atoms with Crippen LogP contribution in [0.15, 0.2) is 36.4 Å². The number of hydrogen-bond donors (Lipinski definition) is 0. The van der Waals surface area contributed by atoms with Gasteiger partial charge in [-0.2, -0.15) is 0 Å². The molecule has 13 aliphatic carbocycles. The second-order valence-electron chi connectivity index (χ2n) is 20.1. The standard InChI is InChI=1S/C50H39NO/c1-51-17-49-28-15-16-29-27-14-12-25-23-10-8-21-20-7-9-22-24-11-13-26(28)36-34(24)39-32(22)30(20)38-31(21)33(23)40-35(25)37(27)47(45-43(40)41(38)42(39)44(45)46(36)49)50(29,49)48(51)18-3-5-19(52-2)6-4-18/h3-6,8,10,20-23,28-29,31,33,48H,7,9,11-17H2,1-2H3. The minimum Gasteiger partial charge on any atom is -0.497 e. The fourth-order valence-corrected chi connectivity index (χ4v) is 19.5. The van der Waals surface area contributed by atoms with Crippen LogP contribution in [-0.2, 0) is 10.8 Å². The minimum absolute atomic E-state index is 0.0866. The average Bonchev–Trinajstić information content (AvgIpc) is 4.01. The van der Waals surface area contributed by atoms with Crippen molar-refractivity contribution in [3.8, 4) is 28.0 Å². The van der Waals surface area contributed by atoms with Crippen molar-refractivity contribution in [2.24, 2.45) is 23.7 Å². The Morgan fingerprint density at radius 2 is 1.46 bits per heavy atom. The molecule has 4 aromatic rings. The molecule has 0 amide bonds. The van der Waals surface area contributed by atoms with Crippen LogP contribution in [0.2, 0.25) is 0 Å². The lowest BCUT2D eigenvalue weighted by molar-refractivity contribution is 0.0900. The lowest BCUT2D eigenvalue weighted by Crippen LogP contribution is -2.61. The minimum atomic E-state index is 0.0866. The number of allylic oxidation sites excluding steroid dienone is 2. The van der Waals surface area contributed by atoms with Crippen LogP contribution < -0.4 is 25.6 Å². The van der Waals surface area contributed by atoms with Gasteiger partial charge in [0, 0.05) is 41.2 Å². The zero-order valence-electron chi connectivity index (χ0n) is 29.9. The Morgan fingerprint density at radius 3 is 2.35 bits per heavy atom. The number of hydrogen-bond acceptors (Lipinski definition) is 2. The van der Waals surface area contributed by atoms with Gasteiger partial charge in [-0.15, -0.1) is 0 Å². The summed E-state index contributed by atoms with van der Waals surface area (Å²) in [7, 11) is 4.37. The zero-order chi connectivity index (χ0) is 32.8. The zero-order valence-corrected chi connectivity index (χ0v) is 29.9. The Balaban J connectivity index is 1.17. The maximum atomic E-state index is 5.79. The fourth-order valence-electron chi connectivity index (χ4n) is 19.5. The number of rotatable bonds is 2. The van der Waals surface area contributed by atoms with Gasteiger partial charge in [0.2, 0.25) is 0 Å².